The minimum Gasteiger partial charge on any atom is -0.303 e. The summed E-state index contributed by atoms with van der Waals surface area (Å²) in [5, 5.41) is 10.8. The fourth-order valence-electron chi connectivity index (χ4n) is 1.73. The highest BCUT2D eigenvalue weighted by Gasteiger charge is 2.04. The molecule has 72 valence electrons. The van der Waals surface area contributed by atoms with Gasteiger partial charge in [-0.1, -0.05) is 30.3 Å². The standard InChI is InChI=1S/C13H9NO/c14-9-11-6-5-10(7-8-15)12-3-1-2-4-13(11)12/h1-6,8H,7H2. The number of nitrogens with zero attached hydrogens (tertiary/aromatic N) is 1. The molecule has 15 heavy (non-hydrogen) atoms. The van der Waals surface area contributed by atoms with E-state index in [1.807, 2.05) is 30.3 Å². The first kappa shape index (κ1) is 9.42. The van der Waals surface area contributed by atoms with Gasteiger partial charge >= 0.3 is 0 Å². The Balaban J connectivity index is 2.78. The van der Waals surface area contributed by atoms with Crippen LogP contribution in [0.15, 0.2) is 36.4 Å². The largest absolute Gasteiger partial charge is 0.303 e. The van der Waals surface area contributed by atoms with E-state index in [1.54, 1.807) is 6.07 Å². The average Bonchev–Trinajstić information content (AvgIpc) is 2.30. The summed E-state index contributed by atoms with van der Waals surface area (Å²) < 4.78 is 0. The molecular formula is C13H9NO. The molecule has 2 aromatic rings. The zero-order chi connectivity index (χ0) is 10.7. The van der Waals surface area contributed by atoms with Crippen LogP contribution in [0.1, 0.15) is 11.1 Å². The van der Waals surface area contributed by atoms with Crippen LogP contribution >= 0.6 is 0 Å². The van der Waals surface area contributed by atoms with Crippen LogP contribution in [-0.2, 0) is 11.2 Å². The minimum absolute atomic E-state index is 0.395. The van der Waals surface area contributed by atoms with Gasteiger partial charge in [-0.15, -0.1) is 0 Å². The zero-order valence-corrected chi connectivity index (χ0v) is 8.10. The van der Waals surface area contributed by atoms with Crippen molar-refractivity contribution in [3.63, 3.8) is 0 Å². The number of aldehydes is 1. The molecule has 0 aliphatic carbocycles. The first-order chi connectivity index (χ1) is 7.36. The Kier molecular flexibility index (Phi) is 2.47. The lowest BCUT2D eigenvalue weighted by Gasteiger charge is -2.04. The van der Waals surface area contributed by atoms with Gasteiger partial charge < -0.3 is 4.79 Å². The van der Waals surface area contributed by atoms with Gasteiger partial charge in [-0.25, -0.2) is 0 Å². The van der Waals surface area contributed by atoms with Gasteiger partial charge in [0.05, 0.1) is 11.6 Å². The number of benzene rings is 2. The quantitative estimate of drug-likeness (QED) is 0.690. The summed E-state index contributed by atoms with van der Waals surface area (Å²) >= 11 is 0. The molecule has 2 rings (SSSR count). The number of carbonyl (C=O) groups is 1. The van der Waals surface area contributed by atoms with Gasteiger partial charge in [-0.05, 0) is 22.4 Å². The van der Waals surface area contributed by atoms with E-state index >= 15 is 0 Å². The smallest absolute Gasteiger partial charge is 0.124 e. The van der Waals surface area contributed by atoms with Gasteiger partial charge in [0.2, 0.25) is 0 Å². The third-order valence-corrected chi connectivity index (χ3v) is 2.44. The fraction of sp³-hybridized carbons (Fsp3) is 0.0769. The Morgan fingerprint density at radius 2 is 1.87 bits per heavy atom. The zero-order valence-electron chi connectivity index (χ0n) is 8.10. The van der Waals surface area contributed by atoms with Crippen molar-refractivity contribution in [1.29, 1.82) is 5.26 Å². The fourth-order valence-corrected chi connectivity index (χ4v) is 1.73. The van der Waals surface area contributed by atoms with Crippen LogP contribution in [-0.4, -0.2) is 6.29 Å². The highest BCUT2D eigenvalue weighted by Crippen LogP contribution is 2.22. The second-order valence-corrected chi connectivity index (χ2v) is 3.30. The lowest BCUT2D eigenvalue weighted by Crippen LogP contribution is -1.90. The van der Waals surface area contributed by atoms with Crippen LogP contribution in [0.4, 0.5) is 0 Å². The van der Waals surface area contributed by atoms with Gasteiger partial charge in [0.25, 0.3) is 0 Å². The maximum Gasteiger partial charge on any atom is 0.124 e. The predicted octanol–water partition coefficient (Wildman–Crippen LogP) is 2.45. The molecule has 0 unspecified atom stereocenters. The van der Waals surface area contributed by atoms with Gasteiger partial charge in [0, 0.05) is 6.42 Å². The van der Waals surface area contributed by atoms with Crippen LogP contribution in [0.5, 0.6) is 0 Å². The SMILES string of the molecule is N#Cc1ccc(CC=O)c2ccccc12. The summed E-state index contributed by atoms with van der Waals surface area (Å²) in [5.41, 5.74) is 1.62. The predicted molar refractivity (Wildman–Crippen MR) is 58.4 cm³/mol. The first-order valence-corrected chi connectivity index (χ1v) is 4.71. The molecule has 0 saturated carbocycles. The van der Waals surface area contributed by atoms with Crippen molar-refractivity contribution >= 4 is 17.1 Å². The molecule has 0 fully saturated rings. The number of nitriles is 1. The van der Waals surface area contributed by atoms with Gasteiger partial charge in [0.15, 0.2) is 0 Å². The maximum absolute atomic E-state index is 10.5. The molecule has 0 aromatic heterocycles. The van der Waals surface area contributed by atoms with Crippen LogP contribution in [0.2, 0.25) is 0 Å². The van der Waals surface area contributed by atoms with Gasteiger partial charge in [-0.3, -0.25) is 0 Å². The molecule has 0 spiro atoms. The van der Waals surface area contributed by atoms with Crippen molar-refractivity contribution < 1.29 is 4.79 Å². The van der Waals surface area contributed by atoms with Crippen LogP contribution in [0.25, 0.3) is 10.8 Å². The Morgan fingerprint density at radius 3 is 2.53 bits per heavy atom. The van der Waals surface area contributed by atoms with E-state index in [1.165, 1.54) is 0 Å². The Hall–Kier alpha value is -2.14. The molecule has 2 aromatic carbocycles. The average molecular weight is 195 g/mol. The van der Waals surface area contributed by atoms with Crippen molar-refractivity contribution in [3.8, 4) is 6.07 Å². The summed E-state index contributed by atoms with van der Waals surface area (Å²) in [5.74, 6) is 0. The van der Waals surface area contributed by atoms with E-state index in [0.29, 0.717) is 12.0 Å². The number of hydrogen-bond acceptors (Lipinski definition) is 2. The Morgan fingerprint density at radius 1 is 1.13 bits per heavy atom. The summed E-state index contributed by atoms with van der Waals surface area (Å²) in [4.78, 5) is 10.5. The Bertz CT molecular complexity index is 552. The molecule has 0 radical (unpaired) electrons. The molecule has 0 bridgehead atoms. The summed E-state index contributed by atoms with van der Waals surface area (Å²) in [7, 11) is 0. The number of carbonyl (C=O) groups excluding carboxylic acids is 1. The molecular weight excluding hydrogens is 186 g/mol. The number of hydrogen-bond donors (Lipinski definition) is 0. The lowest BCUT2D eigenvalue weighted by molar-refractivity contribution is -0.107. The van der Waals surface area contributed by atoms with Crippen molar-refractivity contribution in [2.75, 3.05) is 0 Å². The first-order valence-electron chi connectivity index (χ1n) is 4.71. The second-order valence-electron chi connectivity index (χ2n) is 3.30. The van der Waals surface area contributed by atoms with Gasteiger partial charge in [0.1, 0.15) is 6.29 Å². The normalized spacial score (nSPS) is 9.80. The summed E-state index contributed by atoms with van der Waals surface area (Å²) in [6.07, 6.45) is 1.28. The highest BCUT2D eigenvalue weighted by molar-refractivity contribution is 5.91. The third kappa shape index (κ3) is 1.60. The van der Waals surface area contributed by atoms with Crippen LogP contribution in [0, 0.1) is 11.3 Å². The number of fused-ring (bicyclic) bond motifs is 1. The topological polar surface area (TPSA) is 40.9 Å². The lowest BCUT2D eigenvalue weighted by atomic mass is 9.99. The van der Waals surface area contributed by atoms with Crippen molar-refractivity contribution in [2.45, 2.75) is 6.42 Å². The van der Waals surface area contributed by atoms with E-state index in [9.17, 15) is 4.79 Å². The van der Waals surface area contributed by atoms with E-state index in [2.05, 4.69) is 6.07 Å². The van der Waals surface area contributed by atoms with Crippen molar-refractivity contribution in [3.05, 3.63) is 47.5 Å². The molecule has 0 N–H and O–H groups in total. The molecule has 0 aliphatic rings. The monoisotopic (exact) mass is 195 g/mol. The van der Waals surface area contributed by atoms with E-state index < -0.39 is 0 Å². The molecule has 0 aliphatic heterocycles. The van der Waals surface area contributed by atoms with Crippen LogP contribution < -0.4 is 0 Å². The molecule has 2 nitrogen and oxygen atoms in total. The van der Waals surface area contributed by atoms with Crippen LogP contribution in [0.3, 0.4) is 0 Å². The number of rotatable bonds is 2. The molecule has 0 heterocycles. The molecule has 0 atom stereocenters. The molecule has 0 amide bonds. The maximum atomic E-state index is 10.5. The van der Waals surface area contributed by atoms with Crippen molar-refractivity contribution in [2.24, 2.45) is 0 Å². The summed E-state index contributed by atoms with van der Waals surface area (Å²) in [6, 6.07) is 13.4. The molecule has 0 saturated heterocycles. The summed E-state index contributed by atoms with van der Waals surface area (Å²) in [6.45, 7) is 0. The van der Waals surface area contributed by atoms with E-state index in [-0.39, 0.29) is 0 Å². The van der Waals surface area contributed by atoms with E-state index in [4.69, 9.17) is 5.26 Å². The van der Waals surface area contributed by atoms with Gasteiger partial charge in [-0.2, -0.15) is 5.26 Å². The van der Waals surface area contributed by atoms with E-state index in [0.717, 1.165) is 22.6 Å². The Labute approximate surface area is 87.8 Å². The molecule has 2 heteroatoms. The third-order valence-electron chi connectivity index (χ3n) is 2.44. The van der Waals surface area contributed by atoms with Crippen molar-refractivity contribution in [1.82, 2.24) is 0 Å². The minimum atomic E-state index is 0.395. The highest BCUT2D eigenvalue weighted by atomic mass is 16.1. The second kappa shape index (κ2) is 3.93.